The number of carbonyl (C=O) groups excluding carboxylic acids is 1. The number of ketones is 1. The van der Waals surface area contributed by atoms with Crippen LogP contribution in [0.15, 0.2) is 18.2 Å². The second-order valence-corrected chi connectivity index (χ2v) is 3.87. The minimum atomic E-state index is -4.79. The van der Waals surface area contributed by atoms with Crippen molar-refractivity contribution in [2.75, 3.05) is 0 Å². The van der Waals surface area contributed by atoms with Gasteiger partial charge in [-0.1, -0.05) is 11.6 Å². The zero-order valence-corrected chi connectivity index (χ0v) is 10.1. The van der Waals surface area contributed by atoms with Crippen molar-refractivity contribution >= 4 is 5.78 Å². The molecule has 0 aliphatic rings. The minimum Gasteiger partial charge on any atom is -0.507 e. The highest BCUT2D eigenvalue weighted by Gasteiger charge is 2.40. The lowest BCUT2D eigenvalue weighted by Gasteiger charge is -2.06. The molecule has 0 atom stereocenters. The number of nitrogens with zero attached hydrogens (tertiary/aromatic N) is 2. The highest BCUT2D eigenvalue weighted by atomic mass is 19.4. The van der Waals surface area contributed by atoms with Gasteiger partial charge in [0, 0.05) is 0 Å². The summed E-state index contributed by atoms with van der Waals surface area (Å²) in [5.41, 5.74) is -1.90. The molecule has 4 N–H and O–H groups in total. The number of aryl methyl sites for hydroxylation is 1. The molecule has 0 amide bonds. The van der Waals surface area contributed by atoms with E-state index in [1.807, 2.05) is 0 Å². The van der Waals surface area contributed by atoms with E-state index < -0.39 is 29.1 Å². The van der Waals surface area contributed by atoms with E-state index in [2.05, 4.69) is 10.2 Å². The van der Waals surface area contributed by atoms with Gasteiger partial charge in [-0.05, 0) is 19.1 Å². The number of aromatic nitrogens is 3. The smallest absolute Gasteiger partial charge is 0.437 e. The van der Waals surface area contributed by atoms with Crippen molar-refractivity contribution in [3.05, 3.63) is 40.7 Å². The van der Waals surface area contributed by atoms with Crippen molar-refractivity contribution in [3.8, 4) is 5.75 Å². The molecule has 20 heavy (non-hydrogen) atoms. The summed E-state index contributed by atoms with van der Waals surface area (Å²) in [6.45, 7) is 1.64. The number of nitrogens with one attached hydrogen (secondary N) is 1. The van der Waals surface area contributed by atoms with Gasteiger partial charge in [-0.3, -0.25) is 4.79 Å². The number of rotatable bonds is 2. The van der Waals surface area contributed by atoms with E-state index in [0.29, 0.717) is 5.56 Å². The van der Waals surface area contributed by atoms with Crippen molar-refractivity contribution in [2.24, 2.45) is 0 Å². The first-order valence-corrected chi connectivity index (χ1v) is 5.13. The van der Waals surface area contributed by atoms with Crippen LogP contribution in [0.1, 0.15) is 27.3 Å². The van der Waals surface area contributed by atoms with Crippen LogP contribution in [0.25, 0.3) is 0 Å². The van der Waals surface area contributed by atoms with Crippen molar-refractivity contribution < 1.29 is 28.5 Å². The van der Waals surface area contributed by atoms with Crippen LogP contribution in [0.5, 0.6) is 5.75 Å². The SMILES string of the molecule is Cc1ccc(O)c(C(=O)c2n[nH]nc2C(F)(F)F)c1.O. The molecular formula is C11H10F3N3O3. The molecule has 1 aromatic carbocycles. The Bertz CT molecular complexity index is 637. The average Bonchev–Trinajstić information content (AvgIpc) is 2.80. The Hall–Kier alpha value is -2.42. The Morgan fingerprint density at radius 2 is 1.95 bits per heavy atom. The number of halogens is 3. The van der Waals surface area contributed by atoms with E-state index in [0.717, 1.165) is 0 Å². The van der Waals surface area contributed by atoms with Gasteiger partial charge in [-0.2, -0.15) is 28.6 Å². The normalized spacial score (nSPS) is 11.0. The predicted molar refractivity (Wildman–Crippen MR) is 61.3 cm³/mol. The van der Waals surface area contributed by atoms with Gasteiger partial charge in [0.15, 0.2) is 11.4 Å². The number of carbonyl (C=O) groups is 1. The van der Waals surface area contributed by atoms with Crippen molar-refractivity contribution in [2.45, 2.75) is 13.1 Å². The maximum Gasteiger partial charge on any atom is 0.437 e. The van der Waals surface area contributed by atoms with Gasteiger partial charge in [-0.25, -0.2) is 0 Å². The zero-order valence-electron chi connectivity index (χ0n) is 10.1. The maximum absolute atomic E-state index is 12.6. The number of aromatic amines is 1. The fraction of sp³-hybridized carbons (Fsp3) is 0.182. The number of aromatic hydroxyl groups is 1. The molecule has 0 spiro atoms. The molecule has 0 aliphatic heterocycles. The molecule has 0 unspecified atom stereocenters. The Labute approximate surface area is 110 Å². The standard InChI is InChI=1S/C11H8F3N3O2.H2O/c1-5-2-3-7(18)6(4-5)9(19)8-10(11(12,13)14)16-17-15-8;/h2-4,18H,1H3,(H,15,16,17);1H2. The Balaban J connectivity index is 0.00000200. The lowest BCUT2D eigenvalue weighted by atomic mass is 10.0. The maximum atomic E-state index is 12.6. The summed E-state index contributed by atoms with van der Waals surface area (Å²) in [6, 6.07) is 4.04. The molecule has 0 saturated carbocycles. The summed E-state index contributed by atoms with van der Waals surface area (Å²) in [7, 11) is 0. The topological polar surface area (TPSA) is 110 Å². The third-order valence-corrected chi connectivity index (χ3v) is 2.43. The van der Waals surface area contributed by atoms with Gasteiger partial charge in [0.2, 0.25) is 5.78 Å². The van der Waals surface area contributed by atoms with E-state index in [-0.39, 0.29) is 11.0 Å². The summed E-state index contributed by atoms with van der Waals surface area (Å²) >= 11 is 0. The van der Waals surface area contributed by atoms with E-state index in [9.17, 15) is 23.1 Å². The van der Waals surface area contributed by atoms with E-state index in [4.69, 9.17) is 0 Å². The predicted octanol–water partition coefficient (Wildman–Crippen LogP) is 1.24. The highest BCUT2D eigenvalue weighted by Crippen LogP contribution is 2.31. The van der Waals surface area contributed by atoms with Crippen LogP contribution < -0.4 is 0 Å². The number of alkyl halides is 3. The second-order valence-electron chi connectivity index (χ2n) is 3.87. The molecule has 9 heteroatoms. The van der Waals surface area contributed by atoms with Crippen molar-refractivity contribution in [3.63, 3.8) is 0 Å². The number of hydrogen-bond acceptors (Lipinski definition) is 4. The molecule has 108 valence electrons. The summed E-state index contributed by atoms with van der Waals surface area (Å²) < 4.78 is 37.8. The molecule has 2 aromatic rings. The molecule has 0 bridgehead atoms. The third-order valence-electron chi connectivity index (χ3n) is 2.43. The quantitative estimate of drug-likeness (QED) is 0.810. The number of hydrogen-bond donors (Lipinski definition) is 2. The largest absolute Gasteiger partial charge is 0.507 e. The van der Waals surface area contributed by atoms with Crippen molar-refractivity contribution in [1.29, 1.82) is 0 Å². The van der Waals surface area contributed by atoms with E-state index in [1.165, 1.54) is 18.2 Å². The first-order valence-electron chi connectivity index (χ1n) is 5.13. The third kappa shape index (κ3) is 2.77. The molecule has 0 fully saturated rings. The first kappa shape index (κ1) is 15.6. The highest BCUT2D eigenvalue weighted by molar-refractivity contribution is 6.10. The second kappa shape index (κ2) is 5.29. The summed E-state index contributed by atoms with van der Waals surface area (Å²) in [5, 5.41) is 17.4. The van der Waals surface area contributed by atoms with Gasteiger partial charge in [-0.15, -0.1) is 0 Å². The van der Waals surface area contributed by atoms with Crippen molar-refractivity contribution in [1.82, 2.24) is 15.4 Å². The molecule has 2 rings (SSSR count). The monoisotopic (exact) mass is 289 g/mol. The summed E-state index contributed by atoms with van der Waals surface area (Å²) in [6.07, 6.45) is -4.79. The summed E-state index contributed by atoms with van der Waals surface area (Å²) in [4.78, 5) is 12.0. The number of phenolic OH excluding ortho intramolecular Hbond substituents is 1. The van der Waals surface area contributed by atoms with Crippen LogP contribution in [0.4, 0.5) is 13.2 Å². The zero-order chi connectivity index (χ0) is 14.2. The van der Waals surface area contributed by atoms with Crippen LogP contribution >= 0.6 is 0 Å². The molecule has 6 nitrogen and oxygen atoms in total. The fourth-order valence-corrected chi connectivity index (χ4v) is 1.55. The number of H-pyrrole nitrogens is 1. The van der Waals surface area contributed by atoms with E-state index >= 15 is 0 Å². The minimum absolute atomic E-state index is 0. The van der Waals surface area contributed by atoms with Gasteiger partial charge in [0.25, 0.3) is 0 Å². The lowest BCUT2D eigenvalue weighted by molar-refractivity contribution is -0.141. The Morgan fingerprint density at radius 3 is 2.55 bits per heavy atom. The fourth-order valence-electron chi connectivity index (χ4n) is 1.55. The van der Waals surface area contributed by atoms with Gasteiger partial charge in [0.1, 0.15) is 5.75 Å². The Morgan fingerprint density at radius 1 is 1.30 bits per heavy atom. The summed E-state index contributed by atoms with van der Waals surface area (Å²) in [5.74, 6) is -1.45. The van der Waals surface area contributed by atoms with Crippen LogP contribution in [0, 0.1) is 6.92 Å². The van der Waals surface area contributed by atoms with Crippen LogP contribution in [-0.4, -0.2) is 31.8 Å². The molecule has 0 aliphatic carbocycles. The van der Waals surface area contributed by atoms with Crippen LogP contribution in [0.3, 0.4) is 0 Å². The first-order chi connectivity index (χ1) is 8.80. The molecular weight excluding hydrogens is 279 g/mol. The number of benzene rings is 1. The molecule has 1 aromatic heterocycles. The average molecular weight is 289 g/mol. The van der Waals surface area contributed by atoms with Gasteiger partial charge >= 0.3 is 6.18 Å². The van der Waals surface area contributed by atoms with Gasteiger partial charge in [0.05, 0.1) is 5.56 Å². The van der Waals surface area contributed by atoms with Crippen LogP contribution in [0.2, 0.25) is 0 Å². The molecule has 0 saturated heterocycles. The van der Waals surface area contributed by atoms with Crippen LogP contribution in [-0.2, 0) is 6.18 Å². The number of phenols is 1. The molecule has 1 heterocycles. The lowest BCUT2D eigenvalue weighted by Crippen LogP contribution is -2.14. The van der Waals surface area contributed by atoms with Gasteiger partial charge < -0.3 is 10.6 Å². The Kier molecular flexibility index (Phi) is 4.14. The molecule has 0 radical (unpaired) electrons. The van der Waals surface area contributed by atoms with E-state index in [1.54, 1.807) is 12.1 Å².